The molecule has 0 N–H and O–H groups in total. The van der Waals surface area contributed by atoms with Gasteiger partial charge < -0.3 is 9.15 Å². The van der Waals surface area contributed by atoms with Crippen LogP contribution in [0.15, 0.2) is 50.7 Å². The van der Waals surface area contributed by atoms with Gasteiger partial charge in [-0.1, -0.05) is 12.1 Å². The molecule has 0 bridgehead atoms. The Bertz CT molecular complexity index is 881. The molecule has 6 nitrogen and oxygen atoms in total. The van der Waals surface area contributed by atoms with Gasteiger partial charge >= 0.3 is 5.97 Å². The maximum Gasteiger partial charge on any atom is 0.337 e. The van der Waals surface area contributed by atoms with Crippen molar-refractivity contribution in [1.82, 2.24) is 4.90 Å². The van der Waals surface area contributed by atoms with Gasteiger partial charge in [0.2, 0.25) is 0 Å². The highest BCUT2D eigenvalue weighted by Crippen LogP contribution is 2.32. The van der Waals surface area contributed by atoms with Crippen molar-refractivity contribution in [2.75, 3.05) is 21.2 Å². The molecule has 0 unspecified atom stereocenters. The summed E-state index contributed by atoms with van der Waals surface area (Å²) in [6.07, 6.45) is 1.70. The topological polar surface area (TPSA) is 72.1 Å². The van der Waals surface area contributed by atoms with Gasteiger partial charge in [-0.05, 0) is 36.0 Å². The lowest BCUT2D eigenvalue weighted by Gasteiger charge is -2.04. The quantitative estimate of drug-likeness (QED) is 0.623. The summed E-state index contributed by atoms with van der Waals surface area (Å²) in [5, 5.41) is 0.654. The second-order valence-electron chi connectivity index (χ2n) is 5.25. The third-order valence-electron chi connectivity index (χ3n) is 3.69. The summed E-state index contributed by atoms with van der Waals surface area (Å²) >= 11 is 1.31. The second kappa shape index (κ2) is 6.98. The van der Waals surface area contributed by atoms with Crippen LogP contribution in [0.2, 0.25) is 0 Å². The van der Waals surface area contributed by atoms with Crippen LogP contribution in [0.5, 0.6) is 0 Å². The minimum Gasteiger partial charge on any atom is -0.465 e. The predicted octanol–water partition coefficient (Wildman–Crippen LogP) is 3.27. The number of aliphatic imine (C=N–C) groups is 1. The number of carbonyl (C=O) groups excluding carboxylic acids is 2. The van der Waals surface area contributed by atoms with Crippen molar-refractivity contribution in [3.63, 3.8) is 0 Å². The molecule has 1 fully saturated rings. The zero-order valence-electron chi connectivity index (χ0n) is 14.0. The third-order valence-corrected chi connectivity index (χ3v) is 4.84. The predicted molar refractivity (Wildman–Crippen MR) is 97.2 cm³/mol. The van der Waals surface area contributed by atoms with Gasteiger partial charge in [0.15, 0.2) is 5.17 Å². The summed E-state index contributed by atoms with van der Waals surface area (Å²) in [4.78, 5) is 29.8. The highest BCUT2D eigenvalue weighted by molar-refractivity contribution is 8.18. The van der Waals surface area contributed by atoms with E-state index in [0.29, 0.717) is 27.2 Å². The molecule has 1 aliphatic rings. The molecule has 1 amide bonds. The number of carbonyl (C=O) groups is 2. The molecule has 2 aromatic rings. The monoisotopic (exact) mass is 356 g/mol. The van der Waals surface area contributed by atoms with Crippen molar-refractivity contribution in [1.29, 1.82) is 0 Å². The van der Waals surface area contributed by atoms with Crippen molar-refractivity contribution < 1.29 is 18.7 Å². The molecular weight excluding hydrogens is 340 g/mol. The second-order valence-corrected chi connectivity index (χ2v) is 6.26. The maximum atomic E-state index is 12.2. The van der Waals surface area contributed by atoms with Crippen LogP contribution in [-0.2, 0) is 9.53 Å². The summed E-state index contributed by atoms with van der Waals surface area (Å²) in [5.74, 6) is 0.738. The Morgan fingerprint density at radius 3 is 2.56 bits per heavy atom. The van der Waals surface area contributed by atoms with Gasteiger partial charge in [-0.15, -0.1) is 0 Å². The molecular formula is C18H16N2O4S. The Labute approximate surface area is 149 Å². The molecule has 2 heterocycles. The minimum absolute atomic E-state index is 0.106. The van der Waals surface area contributed by atoms with Gasteiger partial charge in [0.1, 0.15) is 11.5 Å². The van der Waals surface area contributed by atoms with Crippen LogP contribution in [0.1, 0.15) is 16.1 Å². The summed E-state index contributed by atoms with van der Waals surface area (Å²) < 4.78 is 10.5. The van der Waals surface area contributed by atoms with Gasteiger partial charge in [-0.3, -0.25) is 14.7 Å². The molecule has 0 radical (unpaired) electrons. The molecule has 1 aromatic heterocycles. The molecule has 0 atom stereocenters. The van der Waals surface area contributed by atoms with Crippen LogP contribution in [0.4, 0.5) is 0 Å². The largest absolute Gasteiger partial charge is 0.465 e. The molecule has 0 aliphatic carbocycles. The third kappa shape index (κ3) is 3.36. The Balaban J connectivity index is 1.82. The number of esters is 1. The van der Waals surface area contributed by atoms with E-state index >= 15 is 0 Å². The number of methoxy groups -OCH3 is 1. The maximum absolute atomic E-state index is 12.2. The lowest BCUT2D eigenvalue weighted by molar-refractivity contribution is -0.121. The number of amidine groups is 1. The lowest BCUT2D eigenvalue weighted by Crippen LogP contribution is -2.23. The van der Waals surface area contributed by atoms with Gasteiger partial charge in [0, 0.05) is 25.7 Å². The van der Waals surface area contributed by atoms with E-state index in [4.69, 9.17) is 4.42 Å². The Morgan fingerprint density at radius 2 is 1.96 bits per heavy atom. The van der Waals surface area contributed by atoms with E-state index in [1.807, 2.05) is 6.07 Å². The zero-order chi connectivity index (χ0) is 18.0. The Kier molecular flexibility index (Phi) is 4.76. The minimum atomic E-state index is -0.384. The number of amides is 1. The van der Waals surface area contributed by atoms with Crippen molar-refractivity contribution in [3.05, 3.63) is 52.6 Å². The van der Waals surface area contributed by atoms with Crippen molar-refractivity contribution in [3.8, 4) is 11.3 Å². The molecule has 128 valence electrons. The first kappa shape index (κ1) is 17.0. The average Bonchev–Trinajstić information content (AvgIpc) is 3.21. The molecule has 0 spiro atoms. The van der Waals surface area contributed by atoms with E-state index < -0.39 is 0 Å². The highest BCUT2D eigenvalue weighted by Gasteiger charge is 2.30. The number of benzene rings is 1. The van der Waals surface area contributed by atoms with Crippen LogP contribution >= 0.6 is 11.8 Å². The number of hydrogen-bond donors (Lipinski definition) is 0. The number of likely N-dealkylation sites (N-methyl/N-ethyl adjacent to an activating group) is 1. The number of nitrogens with zero attached hydrogens (tertiary/aromatic N) is 2. The first-order valence-electron chi connectivity index (χ1n) is 7.46. The van der Waals surface area contributed by atoms with Crippen LogP contribution in [0.3, 0.4) is 0 Å². The van der Waals surface area contributed by atoms with Crippen LogP contribution in [0.25, 0.3) is 17.4 Å². The number of thioether (sulfide) groups is 1. The average molecular weight is 356 g/mol. The lowest BCUT2D eigenvalue weighted by atomic mass is 10.1. The van der Waals surface area contributed by atoms with E-state index in [1.165, 1.54) is 23.8 Å². The molecule has 1 saturated heterocycles. The smallest absolute Gasteiger partial charge is 0.337 e. The van der Waals surface area contributed by atoms with Gasteiger partial charge in [0.25, 0.3) is 5.91 Å². The Hall–Kier alpha value is -2.80. The zero-order valence-corrected chi connectivity index (χ0v) is 14.8. The van der Waals surface area contributed by atoms with Crippen molar-refractivity contribution >= 4 is 34.9 Å². The summed E-state index contributed by atoms with van der Waals surface area (Å²) in [6.45, 7) is 0. The van der Waals surface area contributed by atoms with Crippen molar-refractivity contribution in [2.45, 2.75) is 0 Å². The first-order valence-corrected chi connectivity index (χ1v) is 8.28. The number of ether oxygens (including phenoxy) is 1. The molecule has 0 saturated carbocycles. The number of furan rings is 1. The number of rotatable bonds is 3. The van der Waals surface area contributed by atoms with Gasteiger partial charge in [0.05, 0.1) is 17.6 Å². The van der Waals surface area contributed by atoms with E-state index in [2.05, 4.69) is 9.73 Å². The van der Waals surface area contributed by atoms with Crippen LogP contribution < -0.4 is 0 Å². The molecule has 1 aromatic carbocycles. The van der Waals surface area contributed by atoms with E-state index in [0.717, 1.165) is 5.56 Å². The molecule has 7 heteroatoms. The summed E-state index contributed by atoms with van der Waals surface area (Å²) in [6, 6.07) is 10.5. The fourth-order valence-electron chi connectivity index (χ4n) is 2.35. The molecule has 1 aliphatic heterocycles. The fraction of sp³-hybridized carbons (Fsp3) is 0.167. The molecule has 25 heavy (non-hydrogen) atoms. The van der Waals surface area contributed by atoms with Crippen molar-refractivity contribution in [2.24, 2.45) is 4.99 Å². The highest BCUT2D eigenvalue weighted by atomic mass is 32.2. The van der Waals surface area contributed by atoms with Crippen LogP contribution in [0, 0.1) is 0 Å². The van der Waals surface area contributed by atoms with E-state index in [-0.39, 0.29) is 11.9 Å². The van der Waals surface area contributed by atoms with Gasteiger partial charge in [-0.2, -0.15) is 0 Å². The van der Waals surface area contributed by atoms with Gasteiger partial charge in [-0.25, -0.2) is 4.79 Å². The van der Waals surface area contributed by atoms with Crippen LogP contribution in [-0.4, -0.2) is 43.1 Å². The summed E-state index contributed by atoms with van der Waals surface area (Å²) in [5.41, 5.74) is 1.30. The SMILES string of the molecule is CN=C1S/C(=C/c2ccc(-c3ccc(C(=O)OC)cc3)o2)C(=O)N1C. The standard InChI is InChI=1S/C18H16N2O4S/c1-19-18-20(2)16(21)15(25-18)10-13-8-9-14(24-13)11-4-6-12(7-5-11)17(22)23-3/h4-10H,1-3H3/b15-10+,19-18?. The number of hydrogen-bond acceptors (Lipinski definition) is 6. The molecule has 3 rings (SSSR count). The van der Waals surface area contributed by atoms with E-state index in [9.17, 15) is 9.59 Å². The summed E-state index contributed by atoms with van der Waals surface area (Å²) in [7, 11) is 4.68. The van der Waals surface area contributed by atoms with E-state index in [1.54, 1.807) is 50.5 Å². The normalized spacial score (nSPS) is 17.6. The first-order chi connectivity index (χ1) is 12.0. The fourth-order valence-corrected chi connectivity index (χ4v) is 3.26. The Morgan fingerprint density at radius 1 is 1.24 bits per heavy atom.